The summed E-state index contributed by atoms with van der Waals surface area (Å²) in [6, 6.07) is 9.55. The van der Waals surface area contributed by atoms with Gasteiger partial charge in [0.15, 0.2) is 0 Å². The van der Waals surface area contributed by atoms with Crippen molar-refractivity contribution in [1.82, 2.24) is 0 Å². The number of nitrogens with one attached hydrogen (secondary N) is 1. The van der Waals surface area contributed by atoms with Crippen LogP contribution in [-0.4, -0.2) is 0 Å². The van der Waals surface area contributed by atoms with Gasteiger partial charge in [0.05, 0.1) is 5.69 Å². The molecule has 0 amide bonds. The Balaban J connectivity index is 2.07. The molecule has 3 heteroatoms. The van der Waals surface area contributed by atoms with Gasteiger partial charge < -0.3 is 5.32 Å². The predicted octanol–water partition coefficient (Wildman–Crippen LogP) is 4.12. The van der Waals surface area contributed by atoms with Gasteiger partial charge in [-0.2, -0.15) is 0 Å². The Bertz CT molecular complexity index is 490. The first-order valence-electron chi connectivity index (χ1n) is 5.21. The van der Waals surface area contributed by atoms with Crippen molar-refractivity contribution in [2.45, 2.75) is 20.4 Å². The molecule has 0 unspecified atom stereocenters. The highest BCUT2D eigenvalue weighted by atomic mass is 32.1. The molecule has 0 saturated carbocycles. The van der Waals surface area contributed by atoms with Crippen molar-refractivity contribution < 1.29 is 4.39 Å². The first kappa shape index (κ1) is 11.1. The number of rotatable bonds is 3. The van der Waals surface area contributed by atoms with Crippen molar-refractivity contribution in [3.8, 4) is 0 Å². The van der Waals surface area contributed by atoms with Crippen molar-refractivity contribution in [3.05, 3.63) is 51.5 Å². The summed E-state index contributed by atoms with van der Waals surface area (Å²) >= 11 is 1.73. The molecule has 0 aliphatic heterocycles. The lowest BCUT2D eigenvalue weighted by Gasteiger charge is -2.07. The summed E-state index contributed by atoms with van der Waals surface area (Å²) in [5, 5.41) is 3.12. The summed E-state index contributed by atoms with van der Waals surface area (Å²) in [7, 11) is 0. The molecule has 84 valence electrons. The molecule has 0 atom stereocenters. The van der Waals surface area contributed by atoms with Crippen LogP contribution in [0.3, 0.4) is 0 Å². The largest absolute Gasteiger partial charge is 0.378 e. The number of hydrogen-bond donors (Lipinski definition) is 1. The minimum absolute atomic E-state index is 0.157. The Morgan fingerprint density at radius 1 is 1.19 bits per heavy atom. The highest BCUT2D eigenvalue weighted by Crippen LogP contribution is 2.20. The Morgan fingerprint density at radius 2 is 2.00 bits per heavy atom. The molecule has 0 fully saturated rings. The van der Waals surface area contributed by atoms with E-state index in [1.807, 2.05) is 6.07 Å². The third-order valence-electron chi connectivity index (χ3n) is 2.44. The van der Waals surface area contributed by atoms with Crippen LogP contribution in [-0.2, 0) is 6.54 Å². The summed E-state index contributed by atoms with van der Waals surface area (Å²) in [6.07, 6.45) is 0. The van der Waals surface area contributed by atoms with Crippen LogP contribution in [0.2, 0.25) is 0 Å². The van der Waals surface area contributed by atoms with E-state index >= 15 is 0 Å². The van der Waals surface area contributed by atoms with Crippen molar-refractivity contribution in [2.24, 2.45) is 0 Å². The smallest absolute Gasteiger partial charge is 0.149 e. The number of benzene rings is 1. The molecule has 16 heavy (non-hydrogen) atoms. The van der Waals surface area contributed by atoms with Crippen LogP contribution in [0.4, 0.5) is 10.1 Å². The molecule has 0 aliphatic rings. The van der Waals surface area contributed by atoms with Gasteiger partial charge >= 0.3 is 0 Å². The molecule has 1 aromatic heterocycles. The molecule has 0 aliphatic carbocycles. The van der Waals surface area contributed by atoms with E-state index in [9.17, 15) is 4.39 Å². The monoisotopic (exact) mass is 235 g/mol. The van der Waals surface area contributed by atoms with Crippen molar-refractivity contribution >= 4 is 17.0 Å². The maximum absolute atomic E-state index is 13.7. The second kappa shape index (κ2) is 4.66. The minimum atomic E-state index is -0.157. The molecule has 0 saturated heterocycles. The van der Waals surface area contributed by atoms with E-state index in [0.29, 0.717) is 17.8 Å². The van der Waals surface area contributed by atoms with Gasteiger partial charge in [0, 0.05) is 16.3 Å². The molecule has 1 heterocycles. The maximum Gasteiger partial charge on any atom is 0.149 e. The van der Waals surface area contributed by atoms with E-state index in [0.717, 1.165) is 0 Å². The zero-order valence-corrected chi connectivity index (χ0v) is 10.2. The first-order valence-corrected chi connectivity index (χ1v) is 6.03. The minimum Gasteiger partial charge on any atom is -0.378 e. The van der Waals surface area contributed by atoms with Gasteiger partial charge in [-0.15, -0.1) is 11.3 Å². The topological polar surface area (TPSA) is 12.0 Å². The quantitative estimate of drug-likeness (QED) is 0.844. The van der Waals surface area contributed by atoms with E-state index in [-0.39, 0.29) is 5.82 Å². The van der Waals surface area contributed by atoms with Crippen LogP contribution in [0.5, 0.6) is 0 Å². The van der Waals surface area contributed by atoms with Crippen LogP contribution in [0.25, 0.3) is 0 Å². The second-order valence-corrected chi connectivity index (χ2v) is 5.17. The number of aryl methyl sites for hydroxylation is 2. The Hall–Kier alpha value is -1.35. The van der Waals surface area contributed by atoms with E-state index < -0.39 is 0 Å². The van der Waals surface area contributed by atoms with Crippen LogP contribution in [0, 0.1) is 19.7 Å². The number of hydrogen-bond acceptors (Lipinski definition) is 2. The van der Waals surface area contributed by atoms with Gasteiger partial charge in [-0.1, -0.05) is 12.1 Å². The molecule has 0 radical (unpaired) electrons. The highest BCUT2D eigenvalue weighted by molar-refractivity contribution is 7.11. The molecule has 1 nitrogen and oxygen atoms in total. The van der Waals surface area contributed by atoms with E-state index in [4.69, 9.17) is 0 Å². The molecule has 2 aromatic rings. The van der Waals surface area contributed by atoms with Crippen LogP contribution < -0.4 is 5.32 Å². The zero-order chi connectivity index (χ0) is 11.5. The molecule has 2 rings (SSSR count). The third kappa shape index (κ3) is 2.42. The first-order chi connectivity index (χ1) is 7.66. The number of anilines is 1. The SMILES string of the molecule is Cc1ccc(CNc2cccc(C)c2F)s1. The number of halogens is 1. The molecular formula is C13H14FNS. The standard InChI is InChI=1S/C13H14FNS/c1-9-4-3-5-12(13(9)14)15-8-11-7-6-10(2)16-11/h3-7,15H,8H2,1-2H3. The van der Waals surface area contributed by atoms with Crippen LogP contribution in [0.1, 0.15) is 15.3 Å². The lowest BCUT2D eigenvalue weighted by Crippen LogP contribution is -2.00. The molecule has 1 N–H and O–H groups in total. The fraction of sp³-hybridized carbons (Fsp3) is 0.231. The number of thiophene rings is 1. The predicted molar refractivity (Wildman–Crippen MR) is 67.5 cm³/mol. The normalized spacial score (nSPS) is 10.4. The summed E-state index contributed by atoms with van der Waals surface area (Å²) in [5.74, 6) is -0.157. The highest BCUT2D eigenvalue weighted by Gasteiger charge is 2.04. The molecule has 1 aromatic carbocycles. The van der Waals surface area contributed by atoms with Gasteiger partial charge in [-0.05, 0) is 37.6 Å². The second-order valence-electron chi connectivity index (χ2n) is 3.80. The zero-order valence-electron chi connectivity index (χ0n) is 9.38. The fourth-order valence-electron chi connectivity index (χ4n) is 1.55. The van der Waals surface area contributed by atoms with Gasteiger partial charge in [0.1, 0.15) is 5.82 Å². The van der Waals surface area contributed by atoms with E-state index in [1.165, 1.54) is 9.75 Å². The summed E-state index contributed by atoms with van der Waals surface area (Å²) < 4.78 is 13.7. The molecule has 0 bridgehead atoms. The Morgan fingerprint density at radius 3 is 2.69 bits per heavy atom. The van der Waals surface area contributed by atoms with Crippen molar-refractivity contribution in [2.75, 3.05) is 5.32 Å². The summed E-state index contributed by atoms with van der Waals surface area (Å²) in [6.45, 7) is 4.52. The summed E-state index contributed by atoms with van der Waals surface area (Å²) in [5.41, 5.74) is 1.25. The molecular weight excluding hydrogens is 221 g/mol. The average molecular weight is 235 g/mol. The van der Waals surface area contributed by atoms with E-state index in [1.54, 1.807) is 30.4 Å². The summed E-state index contributed by atoms with van der Waals surface area (Å²) in [4.78, 5) is 2.50. The molecule has 0 spiro atoms. The third-order valence-corrected chi connectivity index (χ3v) is 3.44. The maximum atomic E-state index is 13.7. The van der Waals surface area contributed by atoms with Crippen molar-refractivity contribution in [3.63, 3.8) is 0 Å². The average Bonchev–Trinajstić information content (AvgIpc) is 2.67. The lowest BCUT2D eigenvalue weighted by molar-refractivity contribution is 0.621. The van der Waals surface area contributed by atoms with Crippen LogP contribution in [0.15, 0.2) is 30.3 Å². The Kier molecular flexibility index (Phi) is 3.25. The van der Waals surface area contributed by atoms with Crippen molar-refractivity contribution in [1.29, 1.82) is 0 Å². The lowest BCUT2D eigenvalue weighted by atomic mass is 10.2. The fourth-order valence-corrected chi connectivity index (χ4v) is 2.38. The van der Waals surface area contributed by atoms with Gasteiger partial charge in [0.25, 0.3) is 0 Å². The van der Waals surface area contributed by atoms with E-state index in [2.05, 4.69) is 24.4 Å². The van der Waals surface area contributed by atoms with Crippen LogP contribution >= 0.6 is 11.3 Å². The van der Waals surface area contributed by atoms with Gasteiger partial charge in [-0.3, -0.25) is 0 Å². The van der Waals surface area contributed by atoms with Gasteiger partial charge in [0.2, 0.25) is 0 Å². The Labute approximate surface area is 98.9 Å². The van der Waals surface area contributed by atoms with Gasteiger partial charge in [-0.25, -0.2) is 4.39 Å².